The van der Waals surface area contributed by atoms with Crippen molar-refractivity contribution in [3.63, 3.8) is 0 Å². The molecule has 7 heteroatoms. The van der Waals surface area contributed by atoms with Crippen LogP contribution in [0, 0.1) is 17.2 Å². The highest BCUT2D eigenvalue weighted by atomic mass is 16.5. The lowest BCUT2D eigenvalue weighted by Crippen LogP contribution is -2.61. The Morgan fingerprint density at radius 2 is 1.79 bits per heavy atom. The predicted octanol–water partition coefficient (Wildman–Crippen LogP) is 2.09. The zero-order valence-electron chi connectivity index (χ0n) is 17.8. The number of hydrogen-bond donors (Lipinski definition) is 2. The monoisotopic (exact) mass is 390 g/mol. The van der Waals surface area contributed by atoms with Crippen LogP contribution in [0.3, 0.4) is 0 Å². The van der Waals surface area contributed by atoms with Crippen LogP contribution in [0.25, 0.3) is 0 Å². The molecule has 7 nitrogen and oxygen atoms in total. The van der Waals surface area contributed by atoms with E-state index in [2.05, 4.69) is 38.3 Å². The SMILES string of the molecule is CCOC(=O)C1CCN(C(=O)/C(C#N)=C\NC2CC(C)(C)NC(C)(C)C2)CC1. The number of rotatable bonds is 5. The summed E-state index contributed by atoms with van der Waals surface area (Å²) in [4.78, 5) is 26.2. The van der Waals surface area contributed by atoms with Gasteiger partial charge in [-0.05, 0) is 60.3 Å². The Balaban J connectivity index is 1.95. The molecule has 2 saturated heterocycles. The lowest BCUT2D eigenvalue weighted by molar-refractivity contribution is -0.150. The third kappa shape index (κ3) is 5.96. The second-order valence-electron chi connectivity index (χ2n) is 9.15. The molecule has 2 heterocycles. The summed E-state index contributed by atoms with van der Waals surface area (Å²) in [6.45, 7) is 11.7. The molecule has 2 N–H and O–H groups in total. The predicted molar refractivity (Wildman–Crippen MR) is 107 cm³/mol. The molecular weight excluding hydrogens is 356 g/mol. The number of ether oxygens (including phenoxy) is 1. The van der Waals surface area contributed by atoms with Gasteiger partial charge >= 0.3 is 5.97 Å². The largest absolute Gasteiger partial charge is 0.466 e. The number of amides is 1. The van der Waals surface area contributed by atoms with Crippen molar-refractivity contribution in [3.8, 4) is 6.07 Å². The zero-order chi connectivity index (χ0) is 20.9. The van der Waals surface area contributed by atoms with Gasteiger partial charge in [-0.25, -0.2) is 0 Å². The summed E-state index contributed by atoms with van der Waals surface area (Å²) in [6, 6.07) is 2.23. The number of nitriles is 1. The summed E-state index contributed by atoms with van der Waals surface area (Å²) in [5.74, 6) is -0.621. The van der Waals surface area contributed by atoms with Crippen LogP contribution in [0.15, 0.2) is 11.8 Å². The number of esters is 1. The fraction of sp³-hybridized carbons (Fsp3) is 0.762. The molecule has 2 rings (SSSR count). The Morgan fingerprint density at radius 1 is 1.21 bits per heavy atom. The van der Waals surface area contributed by atoms with Gasteiger partial charge < -0.3 is 20.3 Å². The quantitative estimate of drug-likeness (QED) is 0.424. The number of carbonyl (C=O) groups is 2. The van der Waals surface area contributed by atoms with Crippen LogP contribution in [0.1, 0.15) is 60.3 Å². The molecule has 0 unspecified atom stereocenters. The third-order valence-electron chi connectivity index (χ3n) is 5.41. The first-order valence-electron chi connectivity index (χ1n) is 10.2. The van der Waals surface area contributed by atoms with Gasteiger partial charge in [-0.15, -0.1) is 0 Å². The Kier molecular flexibility index (Phi) is 7.11. The third-order valence-corrected chi connectivity index (χ3v) is 5.41. The molecule has 0 saturated carbocycles. The standard InChI is InChI=1S/C21H34N4O3/c1-6-28-19(27)15-7-9-25(10-8-15)18(26)16(13-22)14-23-17-11-20(2,3)24-21(4,5)12-17/h14-15,17,23-24H,6-12H2,1-5H3/b16-14-. The van der Waals surface area contributed by atoms with Crippen molar-refractivity contribution < 1.29 is 14.3 Å². The summed E-state index contributed by atoms with van der Waals surface area (Å²) < 4.78 is 5.06. The minimum absolute atomic E-state index is 0.0148. The van der Waals surface area contributed by atoms with Crippen LogP contribution in [0.4, 0.5) is 0 Å². The first-order valence-corrected chi connectivity index (χ1v) is 10.2. The Labute approximate surface area is 168 Å². The van der Waals surface area contributed by atoms with Gasteiger partial charge in [-0.3, -0.25) is 9.59 Å². The van der Waals surface area contributed by atoms with Gasteiger partial charge in [0.2, 0.25) is 0 Å². The van der Waals surface area contributed by atoms with Crippen molar-refractivity contribution in [3.05, 3.63) is 11.8 Å². The summed E-state index contributed by atoms with van der Waals surface area (Å²) in [6.07, 6.45) is 4.54. The Hall–Kier alpha value is -2.07. The molecule has 2 aliphatic rings. The number of carbonyl (C=O) groups excluding carboxylic acids is 2. The van der Waals surface area contributed by atoms with Crippen molar-refractivity contribution in [2.24, 2.45) is 5.92 Å². The van der Waals surface area contributed by atoms with E-state index < -0.39 is 0 Å². The molecule has 0 aromatic carbocycles. The molecular formula is C21H34N4O3. The minimum Gasteiger partial charge on any atom is -0.466 e. The van der Waals surface area contributed by atoms with Crippen LogP contribution < -0.4 is 10.6 Å². The van der Waals surface area contributed by atoms with Gasteiger partial charge in [0.15, 0.2) is 0 Å². The minimum atomic E-state index is -0.273. The topological polar surface area (TPSA) is 94.5 Å². The average Bonchev–Trinajstić information content (AvgIpc) is 2.59. The van der Waals surface area contributed by atoms with Crippen molar-refractivity contribution in [1.82, 2.24) is 15.5 Å². The van der Waals surface area contributed by atoms with E-state index in [9.17, 15) is 14.9 Å². The van der Waals surface area contributed by atoms with Crippen LogP contribution in [0.5, 0.6) is 0 Å². The molecule has 156 valence electrons. The first kappa shape index (κ1) is 22.2. The maximum absolute atomic E-state index is 12.7. The average molecular weight is 391 g/mol. The van der Waals surface area contributed by atoms with E-state index >= 15 is 0 Å². The fourth-order valence-electron chi connectivity index (χ4n) is 4.53. The molecule has 2 fully saturated rings. The van der Waals surface area contributed by atoms with E-state index in [-0.39, 0.29) is 40.5 Å². The zero-order valence-corrected chi connectivity index (χ0v) is 17.8. The summed E-state index contributed by atoms with van der Waals surface area (Å²) >= 11 is 0. The highest BCUT2D eigenvalue weighted by Gasteiger charge is 2.37. The Bertz CT molecular complexity index is 639. The van der Waals surface area contributed by atoms with Gasteiger partial charge in [-0.2, -0.15) is 5.26 Å². The van der Waals surface area contributed by atoms with E-state index in [1.54, 1.807) is 18.0 Å². The first-order chi connectivity index (χ1) is 13.1. The summed E-state index contributed by atoms with van der Waals surface area (Å²) in [5.41, 5.74) is 0.0849. The lowest BCUT2D eigenvalue weighted by atomic mass is 9.79. The maximum atomic E-state index is 12.7. The summed E-state index contributed by atoms with van der Waals surface area (Å²) in [7, 11) is 0. The smallest absolute Gasteiger partial charge is 0.309 e. The molecule has 0 atom stereocenters. The van der Waals surface area contributed by atoms with Gasteiger partial charge in [0, 0.05) is 36.4 Å². The normalized spacial score (nSPS) is 23.0. The van der Waals surface area contributed by atoms with E-state index in [1.165, 1.54) is 0 Å². The number of likely N-dealkylation sites (tertiary alicyclic amines) is 1. The molecule has 0 bridgehead atoms. The van der Waals surface area contributed by atoms with Crippen LogP contribution in [-0.2, 0) is 14.3 Å². The number of hydrogen-bond acceptors (Lipinski definition) is 6. The Morgan fingerprint density at radius 3 is 2.29 bits per heavy atom. The molecule has 28 heavy (non-hydrogen) atoms. The van der Waals surface area contributed by atoms with Crippen molar-refractivity contribution in [2.45, 2.75) is 77.4 Å². The molecule has 0 radical (unpaired) electrons. The van der Waals surface area contributed by atoms with Crippen molar-refractivity contribution in [2.75, 3.05) is 19.7 Å². The molecule has 2 aliphatic heterocycles. The highest BCUT2D eigenvalue weighted by molar-refractivity contribution is 5.97. The van der Waals surface area contributed by atoms with E-state index in [4.69, 9.17) is 4.74 Å². The van der Waals surface area contributed by atoms with Crippen molar-refractivity contribution in [1.29, 1.82) is 5.26 Å². The molecule has 1 amide bonds. The maximum Gasteiger partial charge on any atom is 0.309 e. The van der Waals surface area contributed by atoms with E-state index in [0.717, 1.165) is 12.8 Å². The van der Waals surface area contributed by atoms with Crippen LogP contribution in [-0.4, -0.2) is 53.6 Å². The van der Waals surface area contributed by atoms with Gasteiger partial charge in [0.1, 0.15) is 11.6 Å². The summed E-state index contributed by atoms with van der Waals surface area (Å²) in [5, 5.41) is 16.4. The van der Waals surface area contributed by atoms with E-state index in [1.807, 2.05) is 6.07 Å². The molecule has 0 aromatic rings. The molecule has 0 aromatic heterocycles. The second-order valence-corrected chi connectivity index (χ2v) is 9.15. The van der Waals surface area contributed by atoms with Gasteiger partial charge in [0.25, 0.3) is 5.91 Å². The van der Waals surface area contributed by atoms with Gasteiger partial charge in [-0.1, -0.05) is 0 Å². The molecule has 0 aliphatic carbocycles. The highest BCUT2D eigenvalue weighted by Crippen LogP contribution is 2.28. The van der Waals surface area contributed by atoms with Crippen LogP contribution in [0.2, 0.25) is 0 Å². The number of nitrogens with zero attached hydrogens (tertiary/aromatic N) is 2. The van der Waals surface area contributed by atoms with E-state index in [0.29, 0.717) is 32.5 Å². The second kappa shape index (κ2) is 8.95. The fourth-order valence-corrected chi connectivity index (χ4v) is 4.53. The van der Waals surface area contributed by atoms with Crippen LogP contribution >= 0.6 is 0 Å². The van der Waals surface area contributed by atoms with Gasteiger partial charge in [0.05, 0.1) is 12.5 Å². The number of nitrogens with one attached hydrogen (secondary N) is 2. The number of piperidine rings is 2. The lowest BCUT2D eigenvalue weighted by Gasteiger charge is -2.46. The molecule has 0 spiro atoms. The van der Waals surface area contributed by atoms with Crippen molar-refractivity contribution >= 4 is 11.9 Å².